The van der Waals surface area contributed by atoms with Crippen molar-refractivity contribution in [2.45, 2.75) is 316 Å². The van der Waals surface area contributed by atoms with Gasteiger partial charge in [0.2, 0.25) is 0 Å². The van der Waals surface area contributed by atoms with Crippen molar-refractivity contribution in [2.24, 2.45) is 5.73 Å². The highest BCUT2D eigenvalue weighted by Crippen LogP contribution is 2.48. The lowest BCUT2D eigenvalue weighted by Gasteiger charge is -2.45. The number of nitrogens with one attached hydrogen (secondary N) is 2. The van der Waals surface area contributed by atoms with Crippen LogP contribution in [0.3, 0.4) is 0 Å². The van der Waals surface area contributed by atoms with Gasteiger partial charge in [0, 0.05) is 72.5 Å². The number of ether oxygens (including phenoxy) is 2. The number of fused-ring (bicyclic) bond motifs is 9. The van der Waals surface area contributed by atoms with Crippen LogP contribution < -0.4 is 33.0 Å². The lowest BCUT2D eigenvalue weighted by molar-refractivity contribution is -0.148. The minimum absolute atomic E-state index is 0. The van der Waals surface area contributed by atoms with Crippen molar-refractivity contribution in [1.29, 1.82) is 0 Å². The van der Waals surface area contributed by atoms with E-state index in [1.807, 2.05) is 147 Å². The molecule has 3 unspecified atom stereocenters. The van der Waals surface area contributed by atoms with Gasteiger partial charge < -0.3 is 60.0 Å². The molecule has 28 heteroatoms. The van der Waals surface area contributed by atoms with E-state index in [-0.39, 0.29) is 102 Å². The van der Waals surface area contributed by atoms with Gasteiger partial charge in [-0.15, -0.1) is 37.2 Å². The topological polar surface area (TPSA) is 315 Å². The van der Waals surface area contributed by atoms with Crippen LogP contribution >= 0.6 is 48.8 Å². The molecule has 6 saturated heterocycles. The van der Waals surface area contributed by atoms with Crippen molar-refractivity contribution in [1.82, 2.24) is 43.4 Å². The monoisotopic (exact) mass is 1730 g/mol. The highest BCUT2D eigenvalue weighted by Gasteiger charge is 2.48. The van der Waals surface area contributed by atoms with Gasteiger partial charge in [-0.3, -0.25) is 33.9 Å². The minimum Gasteiger partial charge on any atom is -0.480 e. The molecule has 24 nitrogen and oxygen atoms in total. The van der Waals surface area contributed by atoms with Crippen LogP contribution in [0.5, 0.6) is 0 Å². The summed E-state index contributed by atoms with van der Waals surface area (Å²) in [6.45, 7) is -1.24. The number of nitrogens with two attached hydrogens (primary N) is 1. The van der Waals surface area contributed by atoms with E-state index in [1.54, 1.807) is 0 Å². The number of carbonyl (C=O) groups is 3. The van der Waals surface area contributed by atoms with Crippen molar-refractivity contribution in [2.75, 3.05) is 30.5 Å². The number of rotatable bonds is 20. The van der Waals surface area contributed by atoms with Gasteiger partial charge in [0.15, 0.2) is 16.8 Å². The van der Waals surface area contributed by atoms with Gasteiger partial charge in [0.1, 0.15) is 31.3 Å². The molecule has 9 fully saturated rings. The van der Waals surface area contributed by atoms with Crippen LogP contribution in [0.1, 0.15) is 241 Å². The smallest absolute Gasteiger partial charge is 0.331 e. The van der Waals surface area contributed by atoms with Crippen molar-refractivity contribution in [3.05, 3.63) is 181 Å². The predicted molar refractivity (Wildman–Crippen MR) is 478 cm³/mol. The number of carboxylic acid groups (broad SMARTS) is 1. The maximum Gasteiger partial charge on any atom is 0.331 e. The molecule has 8 aromatic rings. The Kier molecular flexibility index (Phi) is 35.0. The van der Waals surface area contributed by atoms with Gasteiger partial charge in [-0.2, -0.15) is 0 Å². The normalized spacial score (nSPS) is 24.4. The van der Waals surface area contributed by atoms with E-state index in [0.717, 1.165) is 77.8 Å². The third kappa shape index (κ3) is 22.5. The number of benzene rings is 5. The molecule has 3 saturated carbocycles. The van der Waals surface area contributed by atoms with E-state index in [9.17, 15) is 44.1 Å². The van der Waals surface area contributed by atoms with E-state index in [4.69, 9.17) is 31.9 Å². The number of carboxylic acids is 1. The van der Waals surface area contributed by atoms with Gasteiger partial charge in [-0.1, -0.05) is 205 Å². The fourth-order valence-corrected chi connectivity index (χ4v) is 21.5. The Morgan fingerprint density at radius 3 is 0.992 bits per heavy atom. The first-order valence-electron chi connectivity index (χ1n) is 43.9. The van der Waals surface area contributed by atoms with E-state index < -0.39 is 55.9 Å². The molecular weight excluding hydrogens is 1610 g/mol. The number of aliphatic hydroxyl groups is 3. The van der Waals surface area contributed by atoms with Crippen molar-refractivity contribution < 1.29 is 44.3 Å². The molecular formula is C92H124Cl4N12O12. The molecule has 17 rings (SSSR count). The molecule has 0 amide bonds. The second-order valence-corrected chi connectivity index (χ2v) is 34.6. The lowest BCUT2D eigenvalue weighted by atomic mass is 9.89. The Hall–Kier alpha value is -7.59. The number of aromatic nitrogens is 6. The molecule has 0 spiro atoms. The summed E-state index contributed by atoms with van der Waals surface area (Å²) in [5.74, 6) is -2.35. The third-order valence-corrected chi connectivity index (χ3v) is 27.0. The van der Waals surface area contributed by atoms with E-state index in [2.05, 4.69) is 40.3 Å². The van der Waals surface area contributed by atoms with Crippen LogP contribution in [0.25, 0.3) is 33.1 Å². The summed E-state index contributed by atoms with van der Waals surface area (Å²) in [4.78, 5) is 97.8. The molecule has 3 aromatic heterocycles. The summed E-state index contributed by atoms with van der Waals surface area (Å²) in [7, 11) is 0. The van der Waals surface area contributed by atoms with Crippen molar-refractivity contribution in [3.63, 3.8) is 0 Å². The quantitative estimate of drug-likeness (QED) is 0.0349. The summed E-state index contributed by atoms with van der Waals surface area (Å²) in [6, 6.07) is 44.2. The number of hydrogen-bond donors (Lipinski definition) is 7. The standard InChI is InChI=1S/C33H42N4O4.C26H36N4O4.C23H30ClN3O.C10H13NO3.3ClH/c38-21-29(33(40)41-22-23-11-5-4-6-12-23)35-31-32(39)37(30-16-10-9-15-28(30)34-31)27-19-25-17-18-26(20-27)36(25)24-13-7-2-1-3-8-14-24;31-16-22(26(33)34)28-24-25(32)30(23-11-7-6-10-21(23)27-24)20-14-18-12-13-19(15-20)29(18)17-8-4-2-1-3-5-9-17;24-22-23(28)27(21-11-7-6-10-20(21)25-22)19-14-17-12-13-18(15-19)26(17)16-8-4-2-1-3-5-9-16;11-9(6-12)10(13)14-7-8-4-2-1-3-5-8;;;/h4-6,9-12,15-16,24-27,29,38H,1-3,7-8,13-14,17-22H2,(H,34,35);6-7,10-11,17-20,22,31H,1-5,8-9,12-16H2,(H,27,28)(H,33,34);6-7,10-11,16-19H,1-5,8-9,12-15H2;1-5,9,12H,6-7,11H2;3*1H/t25-,26+,27?,29-;18-,19+,20?,22-;17-,18+,19?;9-;;;/m11.1.../s1. The number of nitrogens with zero attached hydrogens (tertiary/aromatic N) is 9. The highest BCUT2D eigenvalue weighted by atomic mass is 35.5. The highest BCUT2D eigenvalue weighted by molar-refractivity contribution is 6.29. The summed E-state index contributed by atoms with van der Waals surface area (Å²) in [5.41, 5.74) is 11.0. The Balaban J connectivity index is 0.000000163. The van der Waals surface area contributed by atoms with Gasteiger partial charge in [-0.25, -0.2) is 24.5 Å². The van der Waals surface area contributed by atoms with Gasteiger partial charge in [-0.05, 0) is 163 Å². The molecule has 6 bridgehead atoms. The van der Waals surface area contributed by atoms with E-state index >= 15 is 0 Å². The van der Waals surface area contributed by atoms with Gasteiger partial charge in [0.05, 0.1) is 52.9 Å². The molecule has 6 aliphatic heterocycles. The second-order valence-electron chi connectivity index (χ2n) is 34.3. The first-order chi connectivity index (χ1) is 57.1. The molecule has 652 valence electrons. The second kappa shape index (κ2) is 45.2. The van der Waals surface area contributed by atoms with Gasteiger partial charge in [0.25, 0.3) is 16.7 Å². The van der Waals surface area contributed by atoms with E-state index in [0.29, 0.717) is 59.4 Å². The third-order valence-electron chi connectivity index (χ3n) is 26.7. The number of anilines is 2. The summed E-state index contributed by atoms with van der Waals surface area (Å²) < 4.78 is 16.0. The number of aliphatic carboxylic acids is 1. The fourth-order valence-electron chi connectivity index (χ4n) is 21.3. The average Bonchev–Trinajstić information content (AvgIpc) is 1.43. The van der Waals surface area contributed by atoms with Crippen LogP contribution in [0.4, 0.5) is 11.6 Å². The molecule has 120 heavy (non-hydrogen) atoms. The Morgan fingerprint density at radius 1 is 0.375 bits per heavy atom. The molecule has 5 aromatic carbocycles. The SMILES string of the molecule is Cl.Cl.Cl.N[C@H](CO)C(=O)OCc1ccccc1.O=C(O)[C@@H](CO)Nc1nc2ccccc2n(C2C[C@H]3CC[C@@H](C2)N3C2CCCCCCC2)c1=O.O=C(OCc1ccccc1)[C@@H](CO)Nc1nc2ccccc2n(C2C[C@H]3CC[C@@H](C2)N3C2CCCCCCC2)c1=O.O=c1c(Cl)nc2ccccc2n1C1C[C@H]2CC[C@@H](C1)N2C1CCCCCCC1. The Morgan fingerprint density at radius 2 is 0.667 bits per heavy atom. The number of halogens is 4. The molecule has 9 aliphatic rings. The van der Waals surface area contributed by atoms with Crippen LogP contribution in [0.2, 0.25) is 5.15 Å². The van der Waals surface area contributed by atoms with E-state index in [1.165, 1.54) is 173 Å². The number of hydrogen-bond acceptors (Lipinski definition) is 20. The Bertz CT molecular complexity index is 4750. The minimum atomic E-state index is -1.27. The largest absolute Gasteiger partial charge is 0.480 e. The first kappa shape index (κ1) is 93.1. The zero-order valence-electron chi connectivity index (χ0n) is 69.0. The zero-order valence-corrected chi connectivity index (χ0v) is 72.2. The Labute approximate surface area is 727 Å². The average molecular weight is 1730 g/mol. The van der Waals surface area contributed by atoms with Crippen molar-refractivity contribution >= 4 is 111 Å². The molecule has 0 radical (unpaired) electrons. The number of aliphatic hydroxyl groups excluding tert-OH is 3. The van der Waals surface area contributed by atoms with Crippen LogP contribution in [-0.2, 0) is 37.1 Å². The predicted octanol–water partition coefficient (Wildman–Crippen LogP) is 15.4. The fraction of sp³-hybridized carbons (Fsp3) is 0.576. The number of carbonyl (C=O) groups excluding carboxylic acids is 2. The summed E-state index contributed by atoms with van der Waals surface area (Å²) in [6.07, 6.45) is 41.6. The van der Waals surface area contributed by atoms with Crippen LogP contribution in [-0.4, -0.2) is 174 Å². The summed E-state index contributed by atoms with van der Waals surface area (Å²) >= 11 is 6.23. The number of para-hydroxylation sites is 6. The lowest BCUT2D eigenvalue weighted by Crippen LogP contribution is -2.50. The number of esters is 2. The molecule has 8 N–H and O–H groups in total. The molecule has 12 atom stereocenters. The maximum atomic E-state index is 14.0. The maximum absolute atomic E-state index is 14.0. The zero-order chi connectivity index (χ0) is 81.3. The first-order valence-corrected chi connectivity index (χ1v) is 44.3. The molecule has 9 heterocycles. The van der Waals surface area contributed by atoms with Crippen LogP contribution in [0, 0.1) is 0 Å². The molecule has 3 aliphatic carbocycles. The van der Waals surface area contributed by atoms with Gasteiger partial charge >= 0.3 is 17.9 Å². The van der Waals surface area contributed by atoms with Crippen molar-refractivity contribution in [3.8, 4) is 0 Å². The number of piperidine rings is 3. The summed E-state index contributed by atoms with van der Waals surface area (Å²) in [5, 5.41) is 43.2. The van der Waals surface area contributed by atoms with Crippen LogP contribution in [0.15, 0.2) is 148 Å².